The first-order valence-electron chi connectivity index (χ1n) is 9.20. The quantitative estimate of drug-likeness (QED) is 0.368. The Morgan fingerprint density at radius 1 is 1.27 bits per heavy atom. The highest BCUT2D eigenvalue weighted by molar-refractivity contribution is 7.98. The van der Waals surface area contributed by atoms with Gasteiger partial charge < -0.3 is 15.5 Å². The van der Waals surface area contributed by atoms with Crippen molar-refractivity contribution in [2.75, 3.05) is 13.1 Å². The van der Waals surface area contributed by atoms with Gasteiger partial charge in [-0.1, -0.05) is 20.3 Å². The Labute approximate surface area is 158 Å². The molecule has 8 nitrogen and oxygen atoms in total. The highest BCUT2D eigenvalue weighted by Crippen LogP contribution is 2.32. The lowest BCUT2D eigenvalue weighted by atomic mass is 9.98. The Morgan fingerprint density at radius 2 is 2.00 bits per heavy atom. The first kappa shape index (κ1) is 20.5. The maximum atomic E-state index is 12.7. The summed E-state index contributed by atoms with van der Waals surface area (Å²) in [5, 5.41) is 5.67. The molecule has 0 aromatic heterocycles. The summed E-state index contributed by atoms with van der Waals surface area (Å²) in [4.78, 5) is 49.3. The monoisotopic (exact) mass is 384 g/mol. The summed E-state index contributed by atoms with van der Waals surface area (Å²) in [6.45, 7) is 4.26. The molecule has 2 fully saturated rings. The van der Waals surface area contributed by atoms with Gasteiger partial charge in [0.25, 0.3) is 5.91 Å². The second kappa shape index (κ2) is 9.80. The molecule has 0 radical (unpaired) electrons. The fourth-order valence-corrected chi connectivity index (χ4v) is 3.69. The van der Waals surface area contributed by atoms with Crippen LogP contribution in [0.1, 0.15) is 46.0 Å². The minimum Gasteiger partial charge on any atom is -0.350 e. The van der Waals surface area contributed by atoms with E-state index in [1.807, 2.05) is 13.8 Å². The zero-order valence-corrected chi connectivity index (χ0v) is 16.1. The number of carbonyl (C=O) groups is 4. The van der Waals surface area contributed by atoms with Crippen LogP contribution in [0.4, 0.5) is 0 Å². The van der Waals surface area contributed by atoms with E-state index in [1.54, 1.807) is 0 Å². The fourth-order valence-electron chi connectivity index (χ4n) is 2.91. The Bertz CT molecular complexity index is 541. The lowest BCUT2D eigenvalue weighted by molar-refractivity contribution is -0.139. The first-order chi connectivity index (χ1) is 12.5. The van der Waals surface area contributed by atoms with Gasteiger partial charge in [-0.3, -0.25) is 23.9 Å². The van der Waals surface area contributed by atoms with Gasteiger partial charge in [0.05, 0.1) is 6.54 Å². The zero-order valence-electron chi connectivity index (χ0n) is 15.3. The van der Waals surface area contributed by atoms with Crippen LogP contribution in [0.25, 0.3) is 0 Å². The lowest BCUT2D eigenvalue weighted by Crippen LogP contribution is -2.55. The molecule has 3 atom stereocenters. The molecule has 4 amide bonds. The average Bonchev–Trinajstić information content (AvgIpc) is 3.34. The predicted molar refractivity (Wildman–Crippen MR) is 98.9 cm³/mol. The van der Waals surface area contributed by atoms with Gasteiger partial charge in [0, 0.05) is 11.8 Å². The second-order valence-corrected chi connectivity index (χ2v) is 8.01. The van der Waals surface area contributed by atoms with E-state index < -0.39 is 12.1 Å². The van der Waals surface area contributed by atoms with Crippen LogP contribution in [0, 0.1) is 5.92 Å². The van der Waals surface area contributed by atoms with Crippen molar-refractivity contribution in [1.82, 2.24) is 20.3 Å². The summed E-state index contributed by atoms with van der Waals surface area (Å²) in [5.41, 5.74) is 0. The third-order valence-electron chi connectivity index (χ3n) is 4.86. The van der Waals surface area contributed by atoms with Crippen molar-refractivity contribution in [3.05, 3.63) is 0 Å². The van der Waals surface area contributed by atoms with Crippen LogP contribution in [-0.4, -0.2) is 59.5 Å². The fraction of sp³-hybridized carbons (Fsp3) is 0.765. The lowest BCUT2D eigenvalue weighted by Gasteiger charge is -2.28. The molecular formula is C17H28N4O4S. The van der Waals surface area contributed by atoms with Crippen LogP contribution in [0.2, 0.25) is 0 Å². The van der Waals surface area contributed by atoms with E-state index in [4.69, 9.17) is 0 Å². The largest absolute Gasteiger partial charge is 0.350 e. The molecule has 3 N–H and O–H groups in total. The van der Waals surface area contributed by atoms with Gasteiger partial charge in [0.1, 0.15) is 12.1 Å². The molecule has 1 saturated carbocycles. The summed E-state index contributed by atoms with van der Waals surface area (Å²) in [6.07, 6.45) is 4.72. The summed E-state index contributed by atoms with van der Waals surface area (Å²) in [6, 6.07) is -1.21. The molecule has 9 heteroatoms. The molecule has 26 heavy (non-hydrogen) atoms. The van der Waals surface area contributed by atoms with Crippen molar-refractivity contribution in [2.24, 2.45) is 5.92 Å². The van der Waals surface area contributed by atoms with Gasteiger partial charge in [-0.25, -0.2) is 0 Å². The van der Waals surface area contributed by atoms with E-state index in [1.165, 1.54) is 16.8 Å². The van der Waals surface area contributed by atoms with Crippen LogP contribution in [0.15, 0.2) is 0 Å². The van der Waals surface area contributed by atoms with E-state index >= 15 is 0 Å². The van der Waals surface area contributed by atoms with Gasteiger partial charge in [0.15, 0.2) is 0 Å². The van der Waals surface area contributed by atoms with Crippen molar-refractivity contribution in [1.29, 1.82) is 0 Å². The van der Waals surface area contributed by atoms with Crippen molar-refractivity contribution in [3.63, 3.8) is 0 Å². The van der Waals surface area contributed by atoms with Crippen molar-refractivity contribution < 1.29 is 19.2 Å². The predicted octanol–water partition coefficient (Wildman–Crippen LogP) is 0.181. The molecule has 0 aromatic rings. The van der Waals surface area contributed by atoms with E-state index in [0.717, 1.165) is 25.7 Å². The number of hydrogen-bond donors (Lipinski definition) is 3. The molecule has 0 spiro atoms. The Balaban J connectivity index is 1.96. The minimum absolute atomic E-state index is 0.0129. The van der Waals surface area contributed by atoms with E-state index in [9.17, 15) is 19.2 Å². The minimum atomic E-state index is -0.621. The summed E-state index contributed by atoms with van der Waals surface area (Å²) < 4.78 is 2.85. The summed E-state index contributed by atoms with van der Waals surface area (Å²) >= 11 is 1.42. The molecule has 2 rings (SSSR count). The van der Waals surface area contributed by atoms with Crippen molar-refractivity contribution >= 4 is 36.1 Å². The molecule has 1 aliphatic carbocycles. The summed E-state index contributed by atoms with van der Waals surface area (Å²) in [7, 11) is 0. The van der Waals surface area contributed by atoms with Gasteiger partial charge >= 0.3 is 0 Å². The van der Waals surface area contributed by atoms with Crippen LogP contribution < -0.4 is 15.4 Å². The molecule has 0 bridgehead atoms. The first-order valence-corrected chi connectivity index (χ1v) is 10.1. The normalized spacial score (nSPS) is 21.6. The SMILES string of the molecule is CC[C@H](C)C(NC(=O)C1CCCN1C(=O)CNC=O)C(=O)NSC1CC1. The highest BCUT2D eigenvalue weighted by atomic mass is 32.2. The number of carbonyl (C=O) groups excluding carboxylic acids is 4. The third kappa shape index (κ3) is 5.62. The average molecular weight is 385 g/mol. The number of nitrogens with one attached hydrogen (secondary N) is 3. The van der Waals surface area contributed by atoms with E-state index in [2.05, 4.69) is 15.4 Å². The van der Waals surface area contributed by atoms with Crippen molar-refractivity contribution in [3.8, 4) is 0 Å². The van der Waals surface area contributed by atoms with Gasteiger partial charge in [-0.05, 0) is 43.5 Å². The Kier molecular flexibility index (Phi) is 7.74. The number of nitrogens with zero attached hydrogens (tertiary/aromatic N) is 1. The molecule has 1 heterocycles. The number of hydrogen-bond acceptors (Lipinski definition) is 5. The number of rotatable bonds is 10. The number of amides is 4. The second-order valence-electron chi connectivity index (χ2n) is 6.90. The van der Waals surface area contributed by atoms with Crippen molar-refractivity contribution in [2.45, 2.75) is 63.3 Å². The van der Waals surface area contributed by atoms with Crippen LogP contribution in [0.5, 0.6) is 0 Å². The van der Waals surface area contributed by atoms with Gasteiger partial charge in [0.2, 0.25) is 18.2 Å². The van der Waals surface area contributed by atoms with E-state index in [0.29, 0.717) is 24.6 Å². The maximum Gasteiger partial charge on any atom is 0.252 e. The molecule has 2 unspecified atom stereocenters. The summed E-state index contributed by atoms with van der Waals surface area (Å²) in [5.74, 6) is -0.800. The smallest absolute Gasteiger partial charge is 0.252 e. The Morgan fingerprint density at radius 3 is 2.62 bits per heavy atom. The molecule has 1 aliphatic heterocycles. The third-order valence-corrected chi connectivity index (χ3v) is 5.98. The topological polar surface area (TPSA) is 108 Å². The Hall–Kier alpha value is -1.77. The maximum absolute atomic E-state index is 12.7. The number of likely N-dealkylation sites (tertiary alicyclic amines) is 1. The molecule has 2 aliphatic rings. The van der Waals surface area contributed by atoms with Crippen LogP contribution >= 0.6 is 11.9 Å². The van der Waals surface area contributed by atoms with Crippen LogP contribution in [-0.2, 0) is 19.2 Å². The van der Waals surface area contributed by atoms with Gasteiger partial charge in [-0.15, -0.1) is 0 Å². The standard InChI is InChI=1S/C17H28N4O4S/c1-3-11(2)15(17(25)20-26-12-6-7-12)19-16(24)13-5-4-8-21(13)14(23)9-18-10-22/h10-13,15H,3-9H2,1-2H3,(H,18,22)(H,19,24)(H,20,25)/t11-,13?,15?/m0/s1. The van der Waals surface area contributed by atoms with E-state index in [-0.39, 0.29) is 30.2 Å². The molecule has 146 valence electrons. The van der Waals surface area contributed by atoms with Gasteiger partial charge in [-0.2, -0.15) is 0 Å². The zero-order chi connectivity index (χ0) is 19.1. The van der Waals surface area contributed by atoms with Crippen LogP contribution in [0.3, 0.4) is 0 Å². The molecule has 0 aromatic carbocycles. The highest BCUT2D eigenvalue weighted by Gasteiger charge is 2.37. The molecule has 1 saturated heterocycles. The molecular weight excluding hydrogens is 356 g/mol.